The third kappa shape index (κ3) is 3.69. The Kier molecular flexibility index (Phi) is 5.22. The molecule has 6 nitrogen and oxygen atoms in total. The number of methoxy groups -OCH3 is 1. The van der Waals surface area contributed by atoms with Crippen LogP contribution in [0.5, 0.6) is 11.5 Å². The third-order valence-corrected chi connectivity index (χ3v) is 3.81. The molecule has 1 aromatic heterocycles. The Balaban J connectivity index is 1.84. The second-order valence-electron chi connectivity index (χ2n) is 5.46. The quantitative estimate of drug-likeness (QED) is 0.632. The largest absolute Gasteiger partial charge is 0.497 e. The fourth-order valence-electron chi connectivity index (χ4n) is 2.51. The molecule has 0 bridgehead atoms. The van der Waals surface area contributed by atoms with E-state index in [1.165, 1.54) is 6.26 Å². The van der Waals surface area contributed by atoms with Crippen molar-refractivity contribution in [2.75, 3.05) is 20.3 Å². The zero-order valence-electron chi connectivity index (χ0n) is 14.5. The maximum Gasteiger partial charge on any atom is 0.344 e. The molecule has 3 aromatic rings. The number of fused-ring (bicyclic) bond motifs is 1. The Morgan fingerprint density at radius 3 is 2.50 bits per heavy atom. The molecular formula is C20H18O6. The van der Waals surface area contributed by atoms with Crippen LogP contribution in [0.15, 0.2) is 57.9 Å². The Morgan fingerprint density at radius 1 is 1.08 bits per heavy atom. The molecule has 3 rings (SSSR count). The highest BCUT2D eigenvalue weighted by Crippen LogP contribution is 2.24. The van der Waals surface area contributed by atoms with Gasteiger partial charge in [-0.2, -0.15) is 0 Å². The van der Waals surface area contributed by atoms with Gasteiger partial charge in [0.05, 0.1) is 24.7 Å². The Bertz CT molecular complexity index is 972. The molecule has 0 aliphatic carbocycles. The van der Waals surface area contributed by atoms with Crippen LogP contribution in [0.4, 0.5) is 0 Å². The minimum absolute atomic E-state index is 0.130. The summed E-state index contributed by atoms with van der Waals surface area (Å²) in [7, 11) is 1.55. The summed E-state index contributed by atoms with van der Waals surface area (Å²) in [6.45, 7) is 1.88. The van der Waals surface area contributed by atoms with E-state index in [-0.39, 0.29) is 12.0 Å². The van der Waals surface area contributed by atoms with E-state index in [1.54, 1.807) is 56.5 Å². The van der Waals surface area contributed by atoms with Gasteiger partial charge >= 0.3 is 5.97 Å². The van der Waals surface area contributed by atoms with Crippen LogP contribution < -0.4 is 14.9 Å². The number of hydrogen-bond donors (Lipinski definition) is 0. The van der Waals surface area contributed by atoms with Gasteiger partial charge in [-0.25, -0.2) is 4.79 Å². The molecule has 0 aliphatic rings. The molecule has 0 spiro atoms. The van der Waals surface area contributed by atoms with Gasteiger partial charge in [-0.3, -0.25) is 4.79 Å². The van der Waals surface area contributed by atoms with Crippen LogP contribution in [0.3, 0.4) is 0 Å². The van der Waals surface area contributed by atoms with Crippen molar-refractivity contribution in [1.82, 2.24) is 0 Å². The van der Waals surface area contributed by atoms with Crippen molar-refractivity contribution in [3.8, 4) is 22.6 Å². The molecule has 0 saturated carbocycles. The van der Waals surface area contributed by atoms with Crippen LogP contribution in [0.25, 0.3) is 22.1 Å². The lowest BCUT2D eigenvalue weighted by Gasteiger charge is -2.07. The molecule has 0 saturated heterocycles. The van der Waals surface area contributed by atoms with E-state index in [1.807, 2.05) is 0 Å². The van der Waals surface area contributed by atoms with Gasteiger partial charge in [0, 0.05) is 6.07 Å². The maximum atomic E-state index is 12.7. The molecule has 0 amide bonds. The van der Waals surface area contributed by atoms with Crippen molar-refractivity contribution >= 4 is 16.9 Å². The highest BCUT2D eigenvalue weighted by Gasteiger charge is 2.10. The van der Waals surface area contributed by atoms with Crippen molar-refractivity contribution < 1.29 is 23.4 Å². The lowest BCUT2D eigenvalue weighted by atomic mass is 10.1. The summed E-state index contributed by atoms with van der Waals surface area (Å²) < 4.78 is 20.9. The molecule has 0 radical (unpaired) electrons. The van der Waals surface area contributed by atoms with Crippen LogP contribution in [0.2, 0.25) is 0 Å². The molecule has 6 heteroatoms. The summed E-state index contributed by atoms with van der Waals surface area (Å²) in [6.07, 6.45) is 1.43. The van der Waals surface area contributed by atoms with Crippen molar-refractivity contribution in [1.29, 1.82) is 0 Å². The first kappa shape index (κ1) is 17.5. The summed E-state index contributed by atoms with van der Waals surface area (Å²) in [5.41, 5.74) is 1.47. The third-order valence-electron chi connectivity index (χ3n) is 3.81. The normalized spacial score (nSPS) is 10.5. The lowest BCUT2D eigenvalue weighted by molar-refractivity contribution is -0.145. The first-order valence-electron chi connectivity index (χ1n) is 8.10. The molecule has 0 atom stereocenters. The number of esters is 1. The smallest absolute Gasteiger partial charge is 0.344 e. The fraction of sp³-hybridized carbons (Fsp3) is 0.200. The fourth-order valence-corrected chi connectivity index (χ4v) is 2.51. The molecule has 0 N–H and O–H groups in total. The molecule has 134 valence electrons. The predicted molar refractivity (Wildman–Crippen MR) is 96.6 cm³/mol. The SMILES string of the molecule is CCOC(=O)COc1ccc(-c2coc3cc(OC)ccc3c2=O)cc1. The zero-order chi connectivity index (χ0) is 18.5. The standard InChI is InChI=1S/C20H18O6/c1-3-24-19(21)12-25-14-6-4-13(5-7-14)17-11-26-18-10-15(23-2)8-9-16(18)20(17)22/h4-11H,3,12H2,1-2H3. The van der Waals surface area contributed by atoms with E-state index in [2.05, 4.69) is 0 Å². The minimum atomic E-state index is -0.429. The number of carbonyl (C=O) groups is 1. The van der Waals surface area contributed by atoms with Crippen LogP contribution >= 0.6 is 0 Å². The summed E-state index contributed by atoms with van der Waals surface area (Å²) in [5, 5.41) is 0.478. The van der Waals surface area contributed by atoms with Gasteiger partial charge in [-0.15, -0.1) is 0 Å². The van der Waals surface area contributed by atoms with E-state index >= 15 is 0 Å². The number of ether oxygens (including phenoxy) is 3. The monoisotopic (exact) mass is 354 g/mol. The van der Waals surface area contributed by atoms with Gasteiger partial charge in [-0.1, -0.05) is 12.1 Å². The van der Waals surface area contributed by atoms with E-state index in [0.717, 1.165) is 0 Å². The highest BCUT2D eigenvalue weighted by atomic mass is 16.6. The van der Waals surface area contributed by atoms with Crippen molar-refractivity contribution in [3.63, 3.8) is 0 Å². The molecule has 0 fully saturated rings. The van der Waals surface area contributed by atoms with E-state index < -0.39 is 5.97 Å². The average molecular weight is 354 g/mol. The average Bonchev–Trinajstić information content (AvgIpc) is 2.67. The van der Waals surface area contributed by atoms with E-state index in [4.69, 9.17) is 18.6 Å². The van der Waals surface area contributed by atoms with Gasteiger partial charge < -0.3 is 18.6 Å². The summed E-state index contributed by atoms with van der Waals surface area (Å²) in [5.74, 6) is 0.704. The number of rotatable bonds is 6. The van der Waals surface area contributed by atoms with Gasteiger partial charge in [-0.05, 0) is 36.8 Å². The lowest BCUT2D eigenvalue weighted by Crippen LogP contribution is -2.14. The van der Waals surface area contributed by atoms with E-state index in [0.29, 0.717) is 40.2 Å². The number of hydrogen-bond acceptors (Lipinski definition) is 6. The predicted octanol–water partition coefficient (Wildman–Crippen LogP) is 3.41. The summed E-state index contributed by atoms with van der Waals surface area (Å²) in [6, 6.07) is 11.9. The van der Waals surface area contributed by atoms with Gasteiger partial charge in [0.15, 0.2) is 12.0 Å². The molecule has 26 heavy (non-hydrogen) atoms. The molecule has 0 aliphatic heterocycles. The number of carbonyl (C=O) groups excluding carboxylic acids is 1. The first-order valence-corrected chi connectivity index (χ1v) is 8.10. The Labute approximate surface area is 149 Å². The van der Waals surface area contributed by atoms with E-state index in [9.17, 15) is 9.59 Å². The van der Waals surface area contributed by atoms with Crippen LogP contribution in [0.1, 0.15) is 6.92 Å². The second kappa shape index (κ2) is 7.74. The Morgan fingerprint density at radius 2 is 1.81 bits per heavy atom. The molecular weight excluding hydrogens is 336 g/mol. The van der Waals surface area contributed by atoms with Crippen molar-refractivity contribution in [3.05, 3.63) is 59.0 Å². The van der Waals surface area contributed by atoms with Crippen LogP contribution in [0, 0.1) is 0 Å². The topological polar surface area (TPSA) is 75.0 Å². The Hall–Kier alpha value is -3.28. The highest BCUT2D eigenvalue weighted by molar-refractivity contribution is 5.82. The number of benzene rings is 2. The second-order valence-corrected chi connectivity index (χ2v) is 5.46. The van der Waals surface area contributed by atoms with Crippen LogP contribution in [-0.4, -0.2) is 26.3 Å². The molecule has 2 aromatic carbocycles. The maximum absolute atomic E-state index is 12.7. The summed E-state index contributed by atoms with van der Waals surface area (Å²) in [4.78, 5) is 24.0. The van der Waals surface area contributed by atoms with Gasteiger partial charge in [0.1, 0.15) is 23.3 Å². The molecule has 1 heterocycles. The zero-order valence-corrected chi connectivity index (χ0v) is 14.5. The first-order chi connectivity index (χ1) is 12.6. The van der Waals surface area contributed by atoms with Crippen LogP contribution in [-0.2, 0) is 9.53 Å². The van der Waals surface area contributed by atoms with Gasteiger partial charge in [0.2, 0.25) is 0 Å². The van der Waals surface area contributed by atoms with Gasteiger partial charge in [0.25, 0.3) is 0 Å². The summed E-state index contributed by atoms with van der Waals surface area (Å²) >= 11 is 0. The minimum Gasteiger partial charge on any atom is -0.497 e. The van der Waals surface area contributed by atoms with Crippen molar-refractivity contribution in [2.24, 2.45) is 0 Å². The van der Waals surface area contributed by atoms with Crippen molar-refractivity contribution in [2.45, 2.75) is 6.92 Å². The molecule has 0 unspecified atom stereocenters.